The quantitative estimate of drug-likeness (QED) is 0.632. The zero-order valence-corrected chi connectivity index (χ0v) is 11.2. The second kappa shape index (κ2) is 7.45. The number of hydrogen-bond acceptors (Lipinski definition) is 2. The first kappa shape index (κ1) is 14.2. The summed E-state index contributed by atoms with van der Waals surface area (Å²) in [7, 11) is 0. The van der Waals surface area contributed by atoms with Crippen LogP contribution in [0, 0.1) is 12.3 Å². The lowest BCUT2D eigenvalue weighted by molar-refractivity contribution is 0.365. The summed E-state index contributed by atoms with van der Waals surface area (Å²) in [4.78, 5) is 0. The van der Waals surface area contributed by atoms with E-state index >= 15 is 0 Å². The molecule has 0 aromatic heterocycles. The predicted molar refractivity (Wildman–Crippen MR) is 72.8 cm³/mol. The molecule has 0 amide bonds. The van der Waals surface area contributed by atoms with E-state index in [1.165, 1.54) is 0 Å². The minimum absolute atomic E-state index is 0.197. The second-order valence-electron chi connectivity index (χ2n) is 3.55. The Balaban J connectivity index is 2.86. The van der Waals surface area contributed by atoms with Gasteiger partial charge in [0, 0.05) is 17.1 Å². The molecule has 0 unspecified atom stereocenters. The van der Waals surface area contributed by atoms with E-state index in [0.29, 0.717) is 22.3 Å². The van der Waals surface area contributed by atoms with Crippen LogP contribution in [0.4, 0.5) is 0 Å². The standard InChI is InChI=1S/C13H15Cl2NO/c1-3-5-16-9-10-7-11(14)8-12(15)13(10)17-6-4-2/h2,7-8,16H,3,5-6,9H2,1H3. The normalized spacial score (nSPS) is 10.0. The topological polar surface area (TPSA) is 21.3 Å². The van der Waals surface area contributed by atoms with Gasteiger partial charge < -0.3 is 10.1 Å². The number of ether oxygens (including phenoxy) is 1. The van der Waals surface area contributed by atoms with Crippen LogP contribution < -0.4 is 10.1 Å². The molecule has 0 aliphatic carbocycles. The maximum atomic E-state index is 6.08. The van der Waals surface area contributed by atoms with Crippen molar-refractivity contribution < 1.29 is 4.74 Å². The highest BCUT2D eigenvalue weighted by Gasteiger charge is 2.10. The highest BCUT2D eigenvalue weighted by molar-refractivity contribution is 6.35. The summed E-state index contributed by atoms with van der Waals surface area (Å²) in [6.07, 6.45) is 6.23. The lowest BCUT2D eigenvalue weighted by atomic mass is 10.2. The molecule has 0 spiro atoms. The summed E-state index contributed by atoms with van der Waals surface area (Å²) in [5, 5.41) is 4.35. The van der Waals surface area contributed by atoms with E-state index in [1.54, 1.807) is 6.07 Å². The van der Waals surface area contributed by atoms with Crippen LogP contribution in [0.1, 0.15) is 18.9 Å². The van der Waals surface area contributed by atoms with Gasteiger partial charge in [0.1, 0.15) is 12.4 Å². The molecule has 1 rings (SSSR count). The molecule has 1 aromatic rings. The zero-order chi connectivity index (χ0) is 12.7. The van der Waals surface area contributed by atoms with E-state index in [4.69, 9.17) is 34.4 Å². The molecule has 4 heteroatoms. The molecule has 17 heavy (non-hydrogen) atoms. The van der Waals surface area contributed by atoms with Crippen molar-refractivity contribution in [3.63, 3.8) is 0 Å². The second-order valence-corrected chi connectivity index (χ2v) is 4.39. The molecule has 0 saturated heterocycles. The van der Waals surface area contributed by atoms with E-state index in [9.17, 15) is 0 Å². The summed E-state index contributed by atoms with van der Waals surface area (Å²) in [6, 6.07) is 3.49. The van der Waals surface area contributed by atoms with Gasteiger partial charge >= 0.3 is 0 Å². The molecule has 0 fully saturated rings. The molecule has 0 heterocycles. The molecule has 0 bridgehead atoms. The summed E-state index contributed by atoms with van der Waals surface area (Å²) >= 11 is 12.0. The third-order valence-corrected chi connectivity index (χ3v) is 2.63. The van der Waals surface area contributed by atoms with Crippen LogP contribution in [0.2, 0.25) is 10.0 Å². The fourth-order valence-corrected chi connectivity index (χ4v) is 2.01. The molecular weight excluding hydrogens is 257 g/mol. The van der Waals surface area contributed by atoms with Crippen molar-refractivity contribution in [2.75, 3.05) is 13.2 Å². The van der Waals surface area contributed by atoms with Gasteiger partial charge in [-0.1, -0.05) is 36.0 Å². The molecule has 0 saturated carbocycles. The molecule has 1 aromatic carbocycles. The minimum Gasteiger partial charge on any atom is -0.479 e. The Kier molecular flexibility index (Phi) is 6.21. The van der Waals surface area contributed by atoms with Gasteiger partial charge in [0.25, 0.3) is 0 Å². The number of benzene rings is 1. The Labute approximate surface area is 112 Å². The first-order chi connectivity index (χ1) is 8.19. The zero-order valence-electron chi connectivity index (χ0n) is 9.72. The summed E-state index contributed by atoms with van der Waals surface area (Å²) in [5.41, 5.74) is 0.922. The Morgan fingerprint density at radius 1 is 1.41 bits per heavy atom. The largest absolute Gasteiger partial charge is 0.479 e. The Morgan fingerprint density at radius 3 is 2.82 bits per heavy atom. The first-order valence-corrected chi connectivity index (χ1v) is 6.19. The molecule has 0 aliphatic rings. The highest BCUT2D eigenvalue weighted by Crippen LogP contribution is 2.32. The van der Waals surface area contributed by atoms with E-state index < -0.39 is 0 Å². The van der Waals surface area contributed by atoms with Crippen molar-refractivity contribution in [1.82, 2.24) is 5.32 Å². The molecule has 1 N–H and O–H groups in total. The lowest BCUT2D eigenvalue weighted by Gasteiger charge is -2.12. The third-order valence-electron chi connectivity index (χ3n) is 2.13. The van der Waals surface area contributed by atoms with E-state index in [2.05, 4.69) is 18.2 Å². The van der Waals surface area contributed by atoms with Crippen LogP contribution in [-0.2, 0) is 6.54 Å². The molecular formula is C13H15Cl2NO. The number of hydrogen-bond donors (Lipinski definition) is 1. The van der Waals surface area contributed by atoms with Gasteiger partial charge in [0.2, 0.25) is 0 Å². The van der Waals surface area contributed by atoms with Crippen LogP contribution in [0.15, 0.2) is 12.1 Å². The van der Waals surface area contributed by atoms with Crippen LogP contribution in [0.3, 0.4) is 0 Å². The van der Waals surface area contributed by atoms with Crippen molar-refractivity contribution in [1.29, 1.82) is 0 Å². The number of terminal acetylenes is 1. The predicted octanol–water partition coefficient (Wildman–Crippen LogP) is 3.51. The average molecular weight is 272 g/mol. The molecule has 0 aliphatic heterocycles. The Hall–Kier alpha value is -0.880. The van der Waals surface area contributed by atoms with Crippen LogP contribution in [0.25, 0.3) is 0 Å². The van der Waals surface area contributed by atoms with Crippen molar-refractivity contribution in [2.45, 2.75) is 19.9 Å². The van der Waals surface area contributed by atoms with Crippen molar-refractivity contribution in [3.05, 3.63) is 27.7 Å². The summed E-state index contributed by atoms with van der Waals surface area (Å²) < 4.78 is 5.44. The van der Waals surface area contributed by atoms with Crippen molar-refractivity contribution in [2.24, 2.45) is 0 Å². The summed E-state index contributed by atoms with van der Waals surface area (Å²) in [5.74, 6) is 3.03. The van der Waals surface area contributed by atoms with Gasteiger partial charge in [-0.15, -0.1) is 6.42 Å². The summed E-state index contributed by atoms with van der Waals surface area (Å²) in [6.45, 7) is 3.89. The van der Waals surface area contributed by atoms with Crippen molar-refractivity contribution >= 4 is 23.2 Å². The molecule has 0 atom stereocenters. The number of halogens is 2. The smallest absolute Gasteiger partial charge is 0.148 e. The fraction of sp³-hybridized carbons (Fsp3) is 0.385. The van der Waals surface area contributed by atoms with Crippen LogP contribution in [0.5, 0.6) is 5.75 Å². The van der Waals surface area contributed by atoms with Gasteiger partial charge in [0.15, 0.2) is 0 Å². The fourth-order valence-electron chi connectivity index (χ4n) is 1.42. The SMILES string of the molecule is C#CCOc1c(Cl)cc(Cl)cc1CNCCC. The first-order valence-electron chi connectivity index (χ1n) is 5.44. The van der Waals surface area contributed by atoms with E-state index in [-0.39, 0.29) is 6.61 Å². The maximum Gasteiger partial charge on any atom is 0.148 e. The lowest BCUT2D eigenvalue weighted by Crippen LogP contribution is -2.15. The molecule has 0 radical (unpaired) electrons. The molecule has 92 valence electrons. The Bertz CT molecular complexity index is 413. The monoisotopic (exact) mass is 271 g/mol. The van der Waals surface area contributed by atoms with Gasteiger partial charge in [-0.25, -0.2) is 0 Å². The van der Waals surface area contributed by atoms with Gasteiger partial charge in [0.05, 0.1) is 5.02 Å². The number of rotatable bonds is 6. The van der Waals surface area contributed by atoms with Crippen molar-refractivity contribution in [3.8, 4) is 18.1 Å². The average Bonchev–Trinajstić information content (AvgIpc) is 2.28. The Morgan fingerprint density at radius 2 is 2.18 bits per heavy atom. The third kappa shape index (κ3) is 4.47. The van der Waals surface area contributed by atoms with Crippen LogP contribution in [-0.4, -0.2) is 13.2 Å². The van der Waals surface area contributed by atoms with E-state index in [1.807, 2.05) is 6.07 Å². The van der Waals surface area contributed by atoms with Gasteiger partial charge in [-0.3, -0.25) is 0 Å². The van der Waals surface area contributed by atoms with Gasteiger partial charge in [-0.05, 0) is 25.1 Å². The highest BCUT2D eigenvalue weighted by atomic mass is 35.5. The van der Waals surface area contributed by atoms with Gasteiger partial charge in [-0.2, -0.15) is 0 Å². The maximum absolute atomic E-state index is 6.08. The number of nitrogens with one attached hydrogen (secondary N) is 1. The minimum atomic E-state index is 0.197. The molecule has 2 nitrogen and oxygen atoms in total. The van der Waals surface area contributed by atoms with Crippen LogP contribution >= 0.6 is 23.2 Å². The van der Waals surface area contributed by atoms with E-state index in [0.717, 1.165) is 18.5 Å².